The van der Waals surface area contributed by atoms with Crippen LogP contribution in [0.15, 0.2) is 42.6 Å². The Balaban J connectivity index is 2.70. The first-order valence-corrected chi connectivity index (χ1v) is 4.84. The van der Waals surface area contributed by atoms with Crippen molar-refractivity contribution in [3.63, 3.8) is 0 Å². The molecule has 0 amide bonds. The molecule has 3 aromatic rings. The number of fused-ring (bicyclic) bond motifs is 3. The second-order valence-electron chi connectivity index (χ2n) is 3.64. The van der Waals surface area contributed by atoms with Crippen LogP contribution in [0.1, 0.15) is 0 Å². The maximum absolute atomic E-state index is 11.7. The molecule has 0 saturated carbocycles. The van der Waals surface area contributed by atoms with Crippen LogP contribution in [0.4, 0.5) is 0 Å². The molecule has 0 unspecified atom stereocenters. The molecule has 15 heavy (non-hydrogen) atoms. The number of pyridine rings is 1. The second-order valence-corrected chi connectivity index (χ2v) is 3.64. The van der Waals surface area contributed by atoms with Crippen LogP contribution in [0.3, 0.4) is 0 Å². The predicted octanol–water partition coefficient (Wildman–Crippen LogP) is 1.96. The van der Waals surface area contributed by atoms with Crippen LogP contribution in [0.25, 0.3) is 21.9 Å². The van der Waals surface area contributed by atoms with E-state index in [-0.39, 0.29) is 0 Å². The van der Waals surface area contributed by atoms with Crippen molar-refractivity contribution in [2.24, 2.45) is 7.05 Å². The van der Waals surface area contributed by atoms with Crippen molar-refractivity contribution in [3.8, 4) is 0 Å². The molecule has 0 spiro atoms. The molecule has 3 rings (SSSR count). The quantitative estimate of drug-likeness (QED) is 0.401. The van der Waals surface area contributed by atoms with Crippen LogP contribution in [0.5, 0.6) is 0 Å². The van der Waals surface area contributed by atoms with Gasteiger partial charge in [0.15, 0.2) is 6.20 Å². The Morgan fingerprint density at radius 1 is 1.07 bits per heavy atom. The Kier molecular flexibility index (Phi) is 1.51. The van der Waals surface area contributed by atoms with Gasteiger partial charge < -0.3 is 9.77 Å². The van der Waals surface area contributed by atoms with Gasteiger partial charge in [-0.25, -0.2) is 0 Å². The van der Waals surface area contributed by atoms with Crippen LogP contribution in [-0.4, -0.2) is 4.57 Å². The lowest BCUT2D eigenvalue weighted by Crippen LogP contribution is -2.25. The number of hydrogen-bond donors (Lipinski definition) is 0. The molecule has 3 heteroatoms. The van der Waals surface area contributed by atoms with E-state index in [9.17, 15) is 5.21 Å². The first-order valence-electron chi connectivity index (χ1n) is 4.84. The highest BCUT2D eigenvalue weighted by Crippen LogP contribution is 2.24. The summed E-state index contributed by atoms with van der Waals surface area (Å²) < 4.78 is 2.97. The first-order chi connectivity index (χ1) is 7.29. The lowest BCUT2D eigenvalue weighted by molar-refractivity contribution is -0.576. The Labute approximate surface area is 86.8 Å². The summed E-state index contributed by atoms with van der Waals surface area (Å²) in [5, 5.41) is 12.7. The minimum Gasteiger partial charge on any atom is -0.618 e. The summed E-state index contributed by atoms with van der Waals surface area (Å²) in [5.41, 5.74) is 2.80. The zero-order valence-electron chi connectivity index (χ0n) is 8.34. The van der Waals surface area contributed by atoms with Crippen molar-refractivity contribution in [1.29, 1.82) is 0 Å². The number of rotatable bonds is 0. The minimum atomic E-state index is 0.746. The normalized spacial score (nSPS) is 11.3. The first kappa shape index (κ1) is 8.29. The van der Waals surface area contributed by atoms with E-state index in [1.165, 1.54) is 6.20 Å². The molecule has 1 aromatic carbocycles. The fraction of sp³-hybridized carbons (Fsp3) is 0.0833. The molecular weight excluding hydrogens is 188 g/mol. The van der Waals surface area contributed by atoms with Crippen LogP contribution < -0.4 is 4.73 Å². The molecule has 2 heterocycles. The lowest BCUT2D eigenvalue weighted by atomic mass is 10.2. The van der Waals surface area contributed by atoms with Crippen molar-refractivity contribution in [3.05, 3.63) is 47.8 Å². The van der Waals surface area contributed by atoms with Gasteiger partial charge in [0.05, 0.1) is 10.9 Å². The van der Waals surface area contributed by atoms with Gasteiger partial charge in [-0.3, -0.25) is 0 Å². The van der Waals surface area contributed by atoms with Crippen molar-refractivity contribution in [1.82, 2.24) is 4.57 Å². The predicted molar refractivity (Wildman–Crippen MR) is 59.4 cm³/mol. The molecule has 0 aliphatic heterocycles. The molecule has 0 saturated heterocycles. The summed E-state index contributed by atoms with van der Waals surface area (Å²) >= 11 is 0. The van der Waals surface area contributed by atoms with E-state index in [1.807, 2.05) is 41.9 Å². The average Bonchev–Trinajstić information content (AvgIpc) is 2.55. The van der Waals surface area contributed by atoms with Gasteiger partial charge in [-0.05, 0) is 18.2 Å². The van der Waals surface area contributed by atoms with E-state index < -0.39 is 0 Å². The Morgan fingerprint density at radius 3 is 2.67 bits per heavy atom. The van der Waals surface area contributed by atoms with Crippen molar-refractivity contribution >= 4 is 21.9 Å². The molecule has 0 atom stereocenters. The van der Waals surface area contributed by atoms with Gasteiger partial charge in [0.1, 0.15) is 5.52 Å². The summed E-state index contributed by atoms with van der Waals surface area (Å²) in [7, 11) is 1.98. The van der Waals surface area contributed by atoms with E-state index in [4.69, 9.17) is 0 Å². The highest BCUT2D eigenvalue weighted by molar-refractivity contribution is 6.03. The molecule has 0 fully saturated rings. The van der Waals surface area contributed by atoms with E-state index in [2.05, 4.69) is 0 Å². The average molecular weight is 198 g/mol. The molecule has 2 aromatic heterocycles. The third-order valence-electron chi connectivity index (χ3n) is 2.82. The summed E-state index contributed by atoms with van der Waals surface area (Å²) in [5.74, 6) is 0. The standard InChI is InChI=1S/C12H10N2O/c1-13-10-6-3-2-5-9(10)12-11(13)7-4-8-14(12)15/h2-8H,1H3. The third kappa shape index (κ3) is 0.973. The highest BCUT2D eigenvalue weighted by Gasteiger charge is 2.13. The van der Waals surface area contributed by atoms with Crippen molar-refractivity contribution in [2.75, 3.05) is 0 Å². The van der Waals surface area contributed by atoms with Crippen LogP contribution >= 0.6 is 0 Å². The molecule has 0 N–H and O–H groups in total. The maximum Gasteiger partial charge on any atom is 0.249 e. The van der Waals surface area contributed by atoms with Gasteiger partial charge in [-0.2, -0.15) is 4.73 Å². The van der Waals surface area contributed by atoms with Crippen molar-refractivity contribution in [2.45, 2.75) is 0 Å². The van der Waals surface area contributed by atoms with E-state index in [0.29, 0.717) is 0 Å². The smallest absolute Gasteiger partial charge is 0.249 e. The van der Waals surface area contributed by atoms with Gasteiger partial charge in [-0.15, -0.1) is 0 Å². The van der Waals surface area contributed by atoms with Gasteiger partial charge in [0.2, 0.25) is 5.52 Å². The number of aryl methyl sites for hydroxylation is 1. The van der Waals surface area contributed by atoms with Gasteiger partial charge in [-0.1, -0.05) is 12.1 Å². The summed E-state index contributed by atoms with van der Waals surface area (Å²) in [4.78, 5) is 0. The molecular formula is C12H10N2O. The maximum atomic E-state index is 11.7. The highest BCUT2D eigenvalue weighted by atomic mass is 16.5. The summed E-state index contributed by atoms with van der Waals surface area (Å²) in [6, 6.07) is 11.7. The van der Waals surface area contributed by atoms with Gasteiger partial charge >= 0.3 is 0 Å². The topological polar surface area (TPSA) is 31.9 Å². The second kappa shape index (κ2) is 2.73. The molecule has 0 radical (unpaired) electrons. The lowest BCUT2D eigenvalue weighted by Gasteiger charge is -1.97. The zero-order valence-corrected chi connectivity index (χ0v) is 8.34. The molecule has 0 aliphatic carbocycles. The SMILES string of the molecule is Cn1c2ccccc2c2c1ccc[n+]2[O-]. The van der Waals surface area contributed by atoms with Crippen LogP contribution in [0, 0.1) is 5.21 Å². The monoisotopic (exact) mass is 198 g/mol. The Morgan fingerprint density at radius 2 is 1.80 bits per heavy atom. The molecule has 0 bridgehead atoms. The largest absolute Gasteiger partial charge is 0.618 e. The number of para-hydroxylation sites is 1. The fourth-order valence-corrected chi connectivity index (χ4v) is 2.10. The van der Waals surface area contributed by atoms with Gasteiger partial charge in [0, 0.05) is 13.1 Å². The van der Waals surface area contributed by atoms with E-state index in [0.717, 1.165) is 26.7 Å². The molecule has 0 aliphatic rings. The Hall–Kier alpha value is -2.03. The van der Waals surface area contributed by atoms with Crippen LogP contribution in [0.2, 0.25) is 0 Å². The van der Waals surface area contributed by atoms with E-state index in [1.54, 1.807) is 6.07 Å². The molecule has 74 valence electrons. The number of aromatic nitrogens is 2. The van der Waals surface area contributed by atoms with Crippen molar-refractivity contribution < 1.29 is 4.73 Å². The number of nitrogens with zero attached hydrogens (tertiary/aromatic N) is 2. The van der Waals surface area contributed by atoms with Gasteiger partial charge in [0.25, 0.3) is 0 Å². The summed E-state index contributed by atoms with van der Waals surface area (Å²) in [6.45, 7) is 0. The van der Waals surface area contributed by atoms with Crippen LogP contribution in [-0.2, 0) is 7.05 Å². The number of benzene rings is 1. The molecule has 3 nitrogen and oxygen atoms in total. The summed E-state index contributed by atoms with van der Waals surface area (Å²) in [6.07, 6.45) is 1.54. The third-order valence-corrected chi connectivity index (χ3v) is 2.82. The Bertz CT molecular complexity index is 655. The fourth-order valence-electron chi connectivity index (χ4n) is 2.10. The van der Waals surface area contributed by atoms with E-state index >= 15 is 0 Å². The minimum absolute atomic E-state index is 0.746. The zero-order chi connectivity index (χ0) is 10.4. The number of hydrogen-bond acceptors (Lipinski definition) is 1.